The molecule has 0 radical (unpaired) electrons. The van der Waals surface area contributed by atoms with E-state index in [1.54, 1.807) is 11.0 Å². The van der Waals surface area contributed by atoms with E-state index in [0.717, 1.165) is 47.5 Å². The molecule has 3 fully saturated rings. The Hall–Kier alpha value is -2.88. The number of hydrogen-bond donors (Lipinski definition) is 2. The van der Waals surface area contributed by atoms with Crippen molar-refractivity contribution in [2.75, 3.05) is 11.4 Å². The maximum Gasteiger partial charge on any atom is 0.348 e. The highest BCUT2D eigenvalue weighted by Gasteiger charge is 2.70. The van der Waals surface area contributed by atoms with E-state index in [1.165, 1.54) is 5.01 Å². The zero-order valence-electron chi connectivity index (χ0n) is 19.6. The van der Waals surface area contributed by atoms with Crippen molar-refractivity contribution in [2.45, 2.75) is 57.0 Å². The first-order valence-electron chi connectivity index (χ1n) is 12.1. The second-order valence-electron chi connectivity index (χ2n) is 10.0. The molecular weight excluding hydrogens is 466 g/mol. The number of carbonyl (C=O) groups excluding carboxylic acids is 3. The van der Waals surface area contributed by atoms with Crippen LogP contribution in [0.1, 0.15) is 55.1 Å². The normalized spacial score (nSPS) is 26.1. The smallest absolute Gasteiger partial charge is 0.348 e. The predicted molar refractivity (Wildman–Crippen MR) is 132 cm³/mol. The van der Waals surface area contributed by atoms with E-state index < -0.39 is 29.1 Å². The van der Waals surface area contributed by atoms with Crippen LogP contribution < -0.4 is 10.7 Å². The highest BCUT2D eigenvalue weighted by molar-refractivity contribution is 7.18. The number of aromatic carboxylic acids is 1. The molecule has 8 nitrogen and oxygen atoms in total. The Morgan fingerprint density at radius 1 is 1.09 bits per heavy atom. The number of carbonyl (C=O) groups is 4. The quantitative estimate of drug-likeness (QED) is 0.370. The van der Waals surface area contributed by atoms with E-state index in [0.29, 0.717) is 18.0 Å². The highest BCUT2D eigenvalue weighted by atomic mass is 32.1. The molecule has 0 bridgehead atoms. The van der Waals surface area contributed by atoms with E-state index in [-0.39, 0.29) is 29.7 Å². The van der Waals surface area contributed by atoms with Crippen molar-refractivity contribution in [1.29, 1.82) is 0 Å². The molecule has 2 saturated carbocycles. The predicted octanol–water partition coefficient (Wildman–Crippen LogP) is 3.50. The molecule has 1 amide bonds. The van der Waals surface area contributed by atoms with E-state index in [2.05, 4.69) is 6.92 Å². The van der Waals surface area contributed by atoms with Gasteiger partial charge < -0.3 is 10.0 Å². The van der Waals surface area contributed by atoms with Gasteiger partial charge in [-0.15, -0.1) is 11.3 Å². The molecule has 2 aromatic rings. The maximum atomic E-state index is 14.0. The number of piperidine rings is 1. The summed E-state index contributed by atoms with van der Waals surface area (Å²) in [5.41, 5.74) is -0.174. The van der Waals surface area contributed by atoms with Gasteiger partial charge in [-0.1, -0.05) is 37.3 Å². The van der Waals surface area contributed by atoms with Crippen molar-refractivity contribution in [3.63, 3.8) is 0 Å². The molecule has 2 aliphatic carbocycles. The summed E-state index contributed by atoms with van der Waals surface area (Å²) in [4.78, 5) is 53.4. The van der Waals surface area contributed by atoms with Crippen molar-refractivity contribution in [1.82, 2.24) is 5.01 Å². The van der Waals surface area contributed by atoms with E-state index in [4.69, 9.17) is 5.84 Å². The van der Waals surface area contributed by atoms with Gasteiger partial charge in [0.25, 0.3) is 0 Å². The summed E-state index contributed by atoms with van der Waals surface area (Å²) in [6, 6.07) is 10.7. The second-order valence-corrected chi connectivity index (χ2v) is 11.1. The topological polar surface area (TPSA) is 121 Å². The molecule has 3 N–H and O–H groups in total. The number of benzene rings is 1. The average molecular weight is 496 g/mol. The van der Waals surface area contributed by atoms with Crippen molar-refractivity contribution >= 4 is 40.5 Å². The number of hydrazine groups is 1. The van der Waals surface area contributed by atoms with Crippen molar-refractivity contribution in [3.8, 4) is 10.4 Å². The number of Topliss-reactive ketones (excluding diaryl/α,β-unsaturated/α-hetero) is 2. The Morgan fingerprint density at radius 2 is 1.74 bits per heavy atom. The van der Waals surface area contributed by atoms with Crippen LogP contribution in [0.5, 0.6) is 0 Å². The zero-order valence-corrected chi connectivity index (χ0v) is 20.4. The molecule has 1 aliphatic heterocycles. The molecule has 9 heteroatoms. The fourth-order valence-electron chi connectivity index (χ4n) is 5.63. The molecule has 1 atom stereocenters. The van der Waals surface area contributed by atoms with Crippen LogP contribution in [0.3, 0.4) is 0 Å². The zero-order chi connectivity index (χ0) is 24.9. The van der Waals surface area contributed by atoms with Gasteiger partial charge in [0.1, 0.15) is 4.88 Å². The lowest BCUT2D eigenvalue weighted by Crippen LogP contribution is -2.58. The van der Waals surface area contributed by atoms with Crippen LogP contribution >= 0.6 is 11.3 Å². The molecule has 1 unspecified atom stereocenters. The highest BCUT2D eigenvalue weighted by Crippen LogP contribution is 2.45. The molecule has 1 saturated heterocycles. The van der Waals surface area contributed by atoms with Gasteiger partial charge >= 0.3 is 5.97 Å². The van der Waals surface area contributed by atoms with Gasteiger partial charge in [0.2, 0.25) is 17.5 Å². The monoisotopic (exact) mass is 495 g/mol. The second kappa shape index (κ2) is 8.96. The molecular formula is C26H29N3O5S. The van der Waals surface area contributed by atoms with Crippen LogP contribution in [-0.2, 0) is 14.4 Å². The van der Waals surface area contributed by atoms with E-state index in [9.17, 15) is 24.3 Å². The number of nitrogens with two attached hydrogens (primary N) is 1. The van der Waals surface area contributed by atoms with Crippen LogP contribution in [0.15, 0.2) is 36.4 Å². The number of thiophene rings is 1. The largest absolute Gasteiger partial charge is 0.477 e. The molecule has 2 heterocycles. The summed E-state index contributed by atoms with van der Waals surface area (Å²) in [7, 11) is 0. The summed E-state index contributed by atoms with van der Waals surface area (Å²) in [6.07, 6.45) is 3.91. The number of rotatable bonds is 5. The molecule has 5 rings (SSSR count). The third-order valence-corrected chi connectivity index (χ3v) is 8.97. The first kappa shape index (κ1) is 23.8. The lowest BCUT2D eigenvalue weighted by Gasteiger charge is -2.42. The lowest BCUT2D eigenvalue weighted by atomic mass is 9.81. The van der Waals surface area contributed by atoms with E-state index in [1.807, 2.05) is 30.3 Å². The summed E-state index contributed by atoms with van der Waals surface area (Å²) >= 11 is 1.13. The molecule has 1 spiro atoms. The Balaban J connectivity index is 1.57. The summed E-state index contributed by atoms with van der Waals surface area (Å²) < 4.78 is 0. The van der Waals surface area contributed by atoms with Crippen LogP contribution in [0.25, 0.3) is 10.4 Å². The Bertz CT molecular complexity index is 1170. The standard InChI is InChI=1S/C26H29N3O5S/c1-15-7-9-17(10-8-15)24(32)29(18-11-12-28(27)26(14-18)22(30)23(26)31)19-13-20(35-21(19)25(33)34)16-5-3-2-4-6-16/h2-6,13,15,17-18H,7-12,14,27H2,1H3,(H,33,34). The average Bonchev–Trinajstić information content (AvgIpc) is 3.18. The van der Waals surface area contributed by atoms with Crippen molar-refractivity contribution in [2.24, 2.45) is 17.7 Å². The lowest BCUT2D eigenvalue weighted by molar-refractivity contribution is -0.125. The Kier molecular flexibility index (Phi) is 6.11. The molecule has 1 aromatic heterocycles. The van der Waals surface area contributed by atoms with Gasteiger partial charge in [-0.05, 0) is 49.7 Å². The van der Waals surface area contributed by atoms with E-state index >= 15 is 0 Å². The van der Waals surface area contributed by atoms with Gasteiger partial charge in [0.15, 0.2) is 5.54 Å². The number of amides is 1. The minimum Gasteiger partial charge on any atom is -0.477 e. The SMILES string of the molecule is CC1CCC(C(=O)N(c2cc(-c3ccccc3)sc2C(=O)O)C2CCN(N)C3(C2)C(=O)C3=O)CC1. The van der Waals surface area contributed by atoms with Gasteiger partial charge in [-0.25, -0.2) is 9.80 Å². The van der Waals surface area contributed by atoms with Crippen molar-refractivity contribution < 1.29 is 24.3 Å². The number of carboxylic acid groups (broad SMARTS) is 1. The number of hydrogen-bond acceptors (Lipinski definition) is 7. The molecule has 1 aromatic carbocycles. The van der Waals surface area contributed by atoms with Gasteiger partial charge in [0, 0.05) is 29.8 Å². The van der Waals surface area contributed by atoms with Gasteiger partial charge in [0.05, 0.1) is 5.69 Å². The minimum absolute atomic E-state index is 0.0825. The van der Waals surface area contributed by atoms with Gasteiger partial charge in [-0.2, -0.15) is 0 Å². The maximum absolute atomic E-state index is 14.0. The Labute approximate surface area is 207 Å². The number of anilines is 1. The van der Waals surface area contributed by atoms with Crippen molar-refractivity contribution in [3.05, 3.63) is 41.3 Å². The third kappa shape index (κ3) is 4.01. The fourth-order valence-corrected chi connectivity index (χ4v) is 6.62. The van der Waals surface area contributed by atoms with Crippen LogP contribution in [0.4, 0.5) is 5.69 Å². The third-order valence-electron chi connectivity index (χ3n) is 7.81. The minimum atomic E-state index is -1.38. The first-order valence-corrected chi connectivity index (χ1v) is 12.9. The summed E-state index contributed by atoms with van der Waals surface area (Å²) in [5.74, 6) is 4.09. The molecule has 3 aliphatic rings. The number of ketones is 2. The van der Waals surface area contributed by atoms with Crippen LogP contribution in [-0.4, -0.2) is 51.7 Å². The summed E-state index contributed by atoms with van der Waals surface area (Å²) in [6.45, 7) is 2.45. The number of nitrogens with zero attached hydrogens (tertiary/aromatic N) is 2. The van der Waals surface area contributed by atoms with Crippen LogP contribution in [0.2, 0.25) is 0 Å². The fraction of sp³-hybridized carbons (Fsp3) is 0.462. The number of carboxylic acids is 1. The molecule has 184 valence electrons. The summed E-state index contributed by atoms with van der Waals surface area (Å²) in [5, 5.41) is 11.4. The molecule has 35 heavy (non-hydrogen) atoms. The van der Waals surface area contributed by atoms with Crippen LogP contribution in [0, 0.1) is 11.8 Å². The Morgan fingerprint density at radius 3 is 2.34 bits per heavy atom. The van der Waals surface area contributed by atoms with Gasteiger partial charge in [-0.3, -0.25) is 20.2 Å². The first-order chi connectivity index (χ1) is 16.7.